The molecule has 1 aromatic carbocycles. The molecule has 0 spiro atoms. The molecule has 1 aliphatic carbocycles. The van der Waals surface area contributed by atoms with Gasteiger partial charge in [-0.15, -0.1) is 0 Å². The number of carboxylic acid groups (broad SMARTS) is 1. The zero-order chi connectivity index (χ0) is 16.3. The van der Waals surface area contributed by atoms with Crippen LogP contribution in [0.15, 0.2) is 24.3 Å². The highest BCUT2D eigenvalue weighted by Crippen LogP contribution is 2.29. The van der Waals surface area contributed by atoms with Crippen molar-refractivity contribution in [2.24, 2.45) is 5.92 Å². The van der Waals surface area contributed by atoms with E-state index in [4.69, 9.17) is 5.11 Å². The number of hydrogen-bond acceptors (Lipinski definition) is 2. The van der Waals surface area contributed by atoms with Gasteiger partial charge in [0.15, 0.2) is 0 Å². The Morgan fingerprint density at radius 2 is 1.82 bits per heavy atom. The smallest absolute Gasteiger partial charge is 0.305 e. The SMILES string of the molecule is CC(C)(C)c1ccc(C(CC(=O)O)NC(=O)C2CCC2)cc1. The maximum Gasteiger partial charge on any atom is 0.305 e. The summed E-state index contributed by atoms with van der Waals surface area (Å²) in [6, 6.07) is 7.42. The highest BCUT2D eigenvalue weighted by molar-refractivity contribution is 5.80. The number of rotatable bonds is 5. The van der Waals surface area contributed by atoms with Crippen LogP contribution in [0.4, 0.5) is 0 Å². The molecule has 1 aliphatic rings. The van der Waals surface area contributed by atoms with Crippen molar-refractivity contribution in [2.75, 3.05) is 0 Å². The molecule has 1 aromatic rings. The van der Waals surface area contributed by atoms with Gasteiger partial charge in [-0.25, -0.2) is 0 Å². The van der Waals surface area contributed by atoms with E-state index < -0.39 is 12.0 Å². The summed E-state index contributed by atoms with van der Waals surface area (Å²) in [5.41, 5.74) is 2.09. The number of carbonyl (C=O) groups excluding carboxylic acids is 1. The number of aliphatic carboxylic acids is 1. The first-order valence-electron chi connectivity index (χ1n) is 7.90. The van der Waals surface area contributed by atoms with Gasteiger partial charge in [-0.3, -0.25) is 9.59 Å². The van der Waals surface area contributed by atoms with Crippen LogP contribution >= 0.6 is 0 Å². The van der Waals surface area contributed by atoms with Crippen molar-refractivity contribution in [1.29, 1.82) is 0 Å². The van der Waals surface area contributed by atoms with Gasteiger partial charge >= 0.3 is 5.97 Å². The van der Waals surface area contributed by atoms with E-state index in [1.165, 1.54) is 5.56 Å². The Labute approximate surface area is 131 Å². The molecule has 0 aliphatic heterocycles. The lowest BCUT2D eigenvalue weighted by Gasteiger charge is -2.27. The lowest BCUT2D eigenvalue weighted by Crippen LogP contribution is -2.37. The summed E-state index contributed by atoms with van der Waals surface area (Å²) in [5, 5.41) is 12.0. The molecule has 0 radical (unpaired) electrons. The molecule has 2 N–H and O–H groups in total. The third-order valence-corrected chi connectivity index (χ3v) is 4.35. The normalized spacial score (nSPS) is 16.7. The zero-order valence-corrected chi connectivity index (χ0v) is 13.6. The van der Waals surface area contributed by atoms with Crippen LogP contribution in [0.25, 0.3) is 0 Å². The third kappa shape index (κ3) is 4.09. The van der Waals surface area contributed by atoms with E-state index in [1.54, 1.807) is 0 Å². The predicted molar refractivity (Wildman–Crippen MR) is 85.6 cm³/mol. The maximum absolute atomic E-state index is 12.1. The Morgan fingerprint density at radius 3 is 2.23 bits per heavy atom. The number of carboxylic acids is 1. The highest BCUT2D eigenvalue weighted by atomic mass is 16.4. The second-order valence-electron chi connectivity index (χ2n) is 7.16. The van der Waals surface area contributed by atoms with Crippen LogP contribution in [-0.4, -0.2) is 17.0 Å². The van der Waals surface area contributed by atoms with Gasteiger partial charge in [0.25, 0.3) is 0 Å². The lowest BCUT2D eigenvalue weighted by molar-refractivity contribution is -0.138. The van der Waals surface area contributed by atoms with E-state index in [9.17, 15) is 9.59 Å². The lowest BCUT2D eigenvalue weighted by atomic mass is 9.84. The van der Waals surface area contributed by atoms with Crippen molar-refractivity contribution in [2.45, 2.75) is 57.9 Å². The molecule has 1 saturated carbocycles. The molecular formula is C18H25NO3. The molecule has 1 unspecified atom stereocenters. The van der Waals surface area contributed by atoms with Crippen molar-refractivity contribution in [3.05, 3.63) is 35.4 Å². The third-order valence-electron chi connectivity index (χ3n) is 4.35. The summed E-state index contributed by atoms with van der Waals surface area (Å²) >= 11 is 0. The summed E-state index contributed by atoms with van der Waals surface area (Å²) < 4.78 is 0. The van der Waals surface area contributed by atoms with E-state index in [-0.39, 0.29) is 23.7 Å². The first kappa shape index (κ1) is 16.5. The fourth-order valence-electron chi connectivity index (χ4n) is 2.60. The summed E-state index contributed by atoms with van der Waals surface area (Å²) in [5.74, 6) is -0.860. The van der Waals surface area contributed by atoms with Gasteiger partial charge in [0, 0.05) is 5.92 Å². The van der Waals surface area contributed by atoms with Crippen LogP contribution in [0.5, 0.6) is 0 Å². The molecule has 1 fully saturated rings. The zero-order valence-electron chi connectivity index (χ0n) is 13.6. The standard InChI is InChI=1S/C18H25NO3/c1-18(2,3)14-9-7-12(8-10-14)15(11-16(20)21)19-17(22)13-5-4-6-13/h7-10,13,15H,4-6,11H2,1-3H3,(H,19,22)(H,20,21). The predicted octanol–water partition coefficient (Wildman–Crippen LogP) is 3.42. The number of benzene rings is 1. The van der Waals surface area contributed by atoms with Crippen molar-refractivity contribution >= 4 is 11.9 Å². The maximum atomic E-state index is 12.1. The van der Waals surface area contributed by atoms with Crippen LogP contribution in [0, 0.1) is 5.92 Å². The Kier molecular flexibility index (Phi) is 4.89. The summed E-state index contributed by atoms with van der Waals surface area (Å²) in [6.07, 6.45) is 2.82. The Balaban J connectivity index is 2.13. The second-order valence-corrected chi connectivity index (χ2v) is 7.16. The minimum atomic E-state index is -0.904. The average molecular weight is 303 g/mol. The number of hydrogen-bond donors (Lipinski definition) is 2. The molecule has 4 nitrogen and oxygen atoms in total. The first-order chi connectivity index (χ1) is 10.3. The molecule has 120 valence electrons. The van der Waals surface area contributed by atoms with Crippen molar-refractivity contribution in [1.82, 2.24) is 5.32 Å². The Bertz CT molecular complexity index is 538. The average Bonchev–Trinajstić information content (AvgIpc) is 2.34. The van der Waals surface area contributed by atoms with Crippen molar-refractivity contribution in [3.63, 3.8) is 0 Å². The van der Waals surface area contributed by atoms with Gasteiger partial charge in [-0.2, -0.15) is 0 Å². The van der Waals surface area contributed by atoms with Gasteiger partial charge in [-0.1, -0.05) is 51.5 Å². The van der Waals surface area contributed by atoms with Gasteiger partial charge in [-0.05, 0) is 29.4 Å². The van der Waals surface area contributed by atoms with E-state index in [0.29, 0.717) is 0 Å². The summed E-state index contributed by atoms with van der Waals surface area (Å²) in [4.78, 5) is 23.2. The van der Waals surface area contributed by atoms with E-state index in [2.05, 4.69) is 26.1 Å². The monoisotopic (exact) mass is 303 g/mol. The quantitative estimate of drug-likeness (QED) is 0.876. The van der Waals surface area contributed by atoms with Crippen LogP contribution in [-0.2, 0) is 15.0 Å². The number of carbonyl (C=O) groups is 2. The van der Waals surface area contributed by atoms with Gasteiger partial charge in [0.2, 0.25) is 5.91 Å². The molecule has 0 bridgehead atoms. The highest BCUT2D eigenvalue weighted by Gasteiger charge is 2.28. The topological polar surface area (TPSA) is 66.4 Å². The molecule has 1 amide bonds. The van der Waals surface area contributed by atoms with Gasteiger partial charge < -0.3 is 10.4 Å². The summed E-state index contributed by atoms with van der Waals surface area (Å²) in [7, 11) is 0. The van der Waals surface area contributed by atoms with Gasteiger partial charge in [0.1, 0.15) is 0 Å². The second kappa shape index (κ2) is 6.51. The van der Waals surface area contributed by atoms with E-state index in [0.717, 1.165) is 24.8 Å². The molecule has 0 saturated heterocycles. The Hall–Kier alpha value is -1.84. The van der Waals surface area contributed by atoms with E-state index >= 15 is 0 Å². The Morgan fingerprint density at radius 1 is 1.23 bits per heavy atom. The molecule has 2 rings (SSSR count). The fraction of sp³-hybridized carbons (Fsp3) is 0.556. The van der Waals surface area contributed by atoms with Crippen LogP contribution in [0.2, 0.25) is 0 Å². The molecular weight excluding hydrogens is 278 g/mol. The van der Waals surface area contributed by atoms with E-state index in [1.807, 2.05) is 24.3 Å². The molecule has 1 atom stereocenters. The van der Waals surface area contributed by atoms with Crippen LogP contribution in [0.1, 0.15) is 63.6 Å². The van der Waals surface area contributed by atoms with Crippen molar-refractivity contribution < 1.29 is 14.7 Å². The number of nitrogens with one attached hydrogen (secondary N) is 1. The van der Waals surface area contributed by atoms with Crippen molar-refractivity contribution in [3.8, 4) is 0 Å². The minimum absolute atomic E-state index is 0.0163. The fourth-order valence-corrected chi connectivity index (χ4v) is 2.60. The van der Waals surface area contributed by atoms with Crippen LogP contribution in [0.3, 0.4) is 0 Å². The molecule has 0 heterocycles. The first-order valence-corrected chi connectivity index (χ1v) is 7.90. The molecule has 0 aromatic heterocycles. The number of amides is 1. The van der Waals surface area contributed by atoms with Crippen LogP contribution < -0.4 is 5.32 Å². The van der Waals surface area contributed by atoms with Gasteiger partial charge in [0.05, 0.1) is 12.5 Å². The molecule has 4 heteroatoms. The largest absolute Gasteiger partial charge is 0.481 e. The minimum Gasteiger partial charge on any atom is -0.481 e. The molecule has 22 heavy (non-hydrogen) atoms. The summed E-state index contributed by atoms with van der Waals surface area (Å²) in [6.45, 7) is 6.40.